The molecule has 0 saturated carbocycles. The van der Waals surface area contributed by atoms with E-state index < -0.39 is 21.8 Å². The molecule has 0 radical (unpaired) electrons. The topological polar surface area (TPSA) is 53.5 Å². The van der Waals surface area contributed by atoms with E-state index in [0.717, 1.165) is 6.07 Å². The average Bonchev–Trinajstić information content (AvgIpc) is 2.61. The van der Waals surface area contributed by atoms with E-state index in [1.165, 1.54) is 21.5 Å². The lowest BCUT2D eigenvalue weighted by molar-refractivity contribution is -0.137. The Morgan fingerprint density at radius 1 is 1.07 bits per heavy atom. The number of alkyl halides is 3. The molecule has 1 aliphatic rings. The predicted molar refractivity (Wildman–Crippen MR) is 97.1 cm³/mol. The number of piperazine rings is 1. The molecule has 0 amide bonds. The second kappa shape index (κ2) is 7.65. The Labute approximate surface area is 160 Å². The van der Waals surface area contributed by atoms with Crippen molar-refractivity contribution in [3.63, 3.8) is 0 Å². The third-order valence-electron chi connectivity index (χ3n) is 4.26. The first kappa shape index (κ1) is 19.9. The van der Waals surface area contributed by atoms with Crippen molar-refractivity contribution in [2.45, 2.75) is 11.9 Å². The number of aromatic nitrogens is 1. The van der Waals surface area contributed by atoms with Crippen LogP contribution in [-0.2, 0) is 22.0 Å². The van der Waals surface area contributed by atoms with Gasteiger partial charge in [0.15, 0.2) is 0 Å². The maximum Gasteiger partial charge on any atom is 0.419 e. The van der Waals surface area contributed by atoms with Crippen LogP contribution in [-0.4, -0.2) is 43.9 Å². The van der Waals surface area contributed by atoms with Gasteiger partial charge in [0.1, 0.15) is 5.82 Å². The molecule has 0 atom stereocenters. The van der Waals surface area contributed by atoms with Crippen LogP contribution in [0.5, 0.6) is 0 Å². The largest absolute Gasteiger partial charge is 0.419 e. The molecule has 1 aromatic heterocycles. The number of benzene rings is 1. The number of pyridine rings is 1. The van der Waals surface area contributed by atoms with Crippen molar-refractivity contribution in [2.75, 3.05) is 31.1 Å². The molecule has 0 aliphatic carbocycles. The molecule has 27 heavy (non-hydrogen) atoms. The third kappa shape index (κ3) is 4.72. The minimum absolute atomic E-state index is 0.0940. The normalized spacial score (nSPS) is 16.5. The Balaban J connectivity index is 1.70. The minimum Gasteiger partial charge on any atom is -0.353 e. The summed E-state index contributed by atoms with van der Waals surface area (Å²) in [5, 5.41) is 0.447. The van der Waals surface area contributed by atoms with E-state index in [9.17, 15) is 21.6 Å². The van der Waals surface area contributed by atoms with Crippen LogP contribution in [0, 0.1) is 0 Å². The Morgan fingerprint density at radius 2 is 1.78 bits per heavy atom. The number of nitrogens with zero attached hydrogens (tertiary/aromatic N) is 3. The summed E-state index contributed by atoms with van der Waals surface area (Å²) in [5.41, 5.74) is -0.255. The summed E-state index contributed by atoms with van der Waals surface area (Å²) in [6.45, 7) is 0.456. The van der Waals surface area contributed by atoms with Crippen molar-refractivity contribution in [1.29, 1.82) is 0 Å². The maximum atomic E-state index is 13.2. The van der Waals surface area contributed by atoms with Gasteiger partial charge in [-0.3, -0.25) is 0 Å². The second-order valence-electron chi connectivity index (χ2n) is 6.14. The highest BCUT2D eigenvalue weighted by molar-refractivity contribution is 7.88. The number of halogens is 4. The Kier molecular flexibility index (Phi) is 5.64. The highest BCUT2D eigenvalue weighted by atomic mass is 35.5. The molecule has 1 aromatic carbocycles. The molecule has 2 heterocycles. The number of rotatable bonds is 4. The van der Waals surface area contributed by atoms with E-state index in [4.69, 9.17) is 11.6 Å². The molecular weight excluding hydrogens is 403 g/mol. The standard InChI is InChI=1S/C17H17ClF3N3O2S/c18-14-4-1-3-13(11-14)12-27(25,26)24-9-7-23(8-10-24)16-15(17(19,20)21)5-2-6-22-16/h1-6,11H,7-10,12H2. The van der Waals surface area contributed by atoms with Gasteiger partial charge in [0, 0.05) is 37.4 Å². The lowest BCUT2D eigenvalue weighted by atomic mass is 10.2. The SMILES string of the molecule is O=S(=O)(Cc1cccc(Cl)c1)N1CCN(c2ncccc2C(F)(F)F)CC1. The summed E-state index contributed by atoms with van der Waals surface area (Å²) in [4.78, 5) is 5.32. The van der Waals surface area contributed by atoms with E-state index in [-0.39, 0.29) is 37.7 Å². The summed E-state index contributed by atoms with van der Waals surface area (Å²) in [7, 11) is -3.59. The van der Waals surface area contributed by atoms with Gasteiger partial charge < -0.3 is 4.90 Å². The summed E-state index contributed by atoms with van der Waals surface area (Å²) < 4.78 is 66.0. The zero-order chi connectivity index (χ0) is 19.7. The smallest absolute Gasteiger partial charge is 0.353 e. The van der Waals surface area contributed by atoms with Crippen LogP contribution in [0.3, 0.4) is 0 Å². The van der Waals surface area contributed by atoms with Crippen molar-refractivity contribution in [2.24, 2.45) is 0 Å². The monoisotopic (exact) mass is 419 g/mol. The van der Waals surface area contributed by atoms with E-state index >= 15 is 0 Å². The minimum atomic E-state index is -4.51. The zero-order valence-corrected chi connectivity index (χ0v) is 15.7. The Bertz CT molecular complexity index is 914. The highest BCUT2D eigenvalue weighted by Gasteiger charge is 2.37. The van der Waals surface area contributed by atoms with Gasteiger partial charge in [-0.25, -0.2) is 13.4 Å². The van der Waals surface area contributed by atoms with Gasteiger partial charge in [-0.1, -0.05) is 23.7 Å². The van der Waals surface area contributed by atoms with Crippen LogP contribution in [0.1, 0.15) is 11.1 Å². The maximum absolute atomic E-state index is 13.2. The Hall–Kier alpha value is -1.84. The van der Waals surface area contributed by atoms with Crippen LogP contribution in [0.25, 0.3) is 0 Å². The fraction of sp³-hybridized carbons (Fsp3) is 0.353. The van der Waals surface area contributed by atoms with Crippen molar-refractivity contribution in [1.82, 2.24) is 9.29 Å². The van der Waals surface area contributed by atoms with Crippen molar-refractivity contribution in [3.8, 4) is 0 Å². The zero-order valence-electron chi connectivity index (χ0n) is 14.2. The second-order valence-corrected chi connectivity index (χ2v) is 8.55. The van der Waals surface area contributed by atoms with E-state index in [2.05, 4.69) is 4.98 Å². The number of anilines is 1. The van der Waals surface area contributed by atoms with Crippen molar-refractivity contribution in [3.05, 3.63) is 58.7 Å². The van der Waals surface area contributed by atoms with E-state index in [0.29, 0.717) is 10.6 Å². The van der Waals surface area contributed by atoms with Crippen LogP contribution >= 0.6 is 11.6 Å². The molecule has 0 unspecified atom stereocenters. The lowest BCUT2D eigenvalue weighted by Gasteiger charge is -2.35. The van der Waals surface area contributed by atoms with Gasteiger partial charge in [-0.15, -0.1) is 0 Å². The summed E-state index contributed by atoms with van der Waals surface area (Å²) >= 11 is 5.88. The highest BCUT2D eigenvalue weighted by Crippen LogP contribution is 2.35. The van der Waals surface area contributed by atoms with Gasteiger partial charge >= 0.3 is 6.18 Å². The Morgan fingerprint density at radius 3 is 2.41 bits per heavy atom. The fourth-order valence-electron chi connectivity index (χ4n) is 2.98. The molecule has 0 spiro atoms. The molecule has 0 N–H and O–H groups in total. The van der Waals surface area contributed by atoms with Gasteiger partial charge in [0.05, 0.1) is 11.3 Å². The number of hydrogen-bond donors (Lipinski definition) is 0. The average molecular weight is 420 g/mol. The summed E-state index contributed by atoms with van der Waals surface area (Å²) in [5.74, 6) is -0.373. The van der Waals surface area contributed by atoms with Crippen LogP contribution in [0.2, 0.25) is 5.02 Å². The van der Waals surface area contributed by atoms with Crippen LogP contribution < -0.4 is 4.90 Å². The van der Waals surface area contributed by atoms with Gasteiger partial charge in [0.25, 0.3) is 0 Å². The first-order valence-corrected chi connectivity index (χ1v) is 10.1. The van der Waals surface area contributed by atoms with E-state index in [1.807, 2.05) is 0 Å². The van der Waals surface area contributed by atoms with Crippen LogP contribution in [0.4, 0.5) is 19.0 Å². The fourth-order valence-corrected chi connectivity index (χ4v) is 4.69. The summed E-state index contributed by atoms with van der Waals surface area (Å²) in [6, 6.07) is 8.79. The molecule has 2 aromatic rings. The molecule has 1 aliphatic heterocycles. The number of hydrogen-bond acceptors (Lipinski definition) is 4. The first-order chi connectivity index (χ1) is 12.7. The molecule has 1 fully saturated rings. The number of sulfonamides is 1. The van der Waals surface area contributed by atoms with Gasteiger partial charge in [-0.05, 0) is 29.8 Å². The molecule has 10 heteroatoms. The van der Waals surface area contributed by atoms with Crippen molar-refractivity contribution >= 4 is 27.4 Å². The molecule has 1 saturated heterocycles. The third-order valence-corrected chi connectivity index (χ3v) is 6.35. The molecule has 3 rings (SSSR count). The molecular formula is C17H17ClF3N3O2S. The van der Waals surface area contributed by atoms with Crippen LogP contribution in [0.15, 0.2) is 42.6 Å². The molecule has 0 bridgehead atoms. The van der Waals surface area contributed by atoms with Gasteiger partial charge in [-0.2, -0.15) is 17.5 Å². The van der Waals surface area contributed by atoms with E-state index in [1.54, 1.807) is 24.3 Å². The van der Waals surface area contributed by atoms with Crippen molar-refractivity contribution < 1.29 is 21.6 Å². The first-order valence-electron chi connectivity index (χ1n) is 8.16. The van der Waals surface area contributed by atoms with Gasteiger partial charge in [0.2, 0.25) is 10.0 Å². The molecule has 5 nitrogen and oxygen atoms in total. The summed E-state index contributed by atoms with van der Waals surface area (Å²) in [6.07, 6.45) is -3.22. The predicted octanol–water partition coefficient (Wildman–Crippen LogP) is 3.41. The lowest BCUT2D eigenvalue weighted by Crippen LogP contribution is -2.49. The quantitative estimate of drug-likeness (QED) is 0.762. The molecule has 146 valence electrons.